The van der Waals surface area contributed by atoms with Crippen molar-refractivity contribution in [3.05, 3.63) is 87.4 Å². The Labute approximate surface area is 182 Å². The number of ether oxygens (including phenoxy) is 1. The average Bonchev–Trinajstić information content (AvgIpc) is 2.67. The van der Waals surface area contributed by atoms with Gasteiger partial charge in [0, 0.05) is 10.8 Å². The van der Waals surface area contributed by atoms with E-state index in [1.165, 1.54) is 11.8 Å². The van der Waals surface area contributed by atoms with Gasteiger partial charge < -0.3 is 10.1 Å². The summed E-state index contributed by atoms with van der Waals surface area (Å²) in [4.78, 5) is 12.4. The molecular weight excluding hydrogens is 437 g/mol. The number of hydrogen-bond acceptors (Lipinski definition) is 3. The minimum absolute atomic E-state index is 0.148. The van der Waals surface area contributed by atoms with E-state index in [1.807, 2.05) is 36.4 Å². The molecule has 7 heteroatoms. The molecule has 0 saturated heterocycles. The largest absolute Gasteiger partial charge is 0.455 e. The van der Waals surface area contributed by atoms with Gasteiger partial charge in [0.25, 0.3) is 0 Å². The molecule has 1 amide bonds. The van der Waals surface area contributed by atoms with Gasteiger partial charge >= 0.3 is 0 Å². The number of rotatable bonds is 7. The molecule has 28 heavy (non-hydrogen) atoms. The number of hydrogen-bond donors (Lipinski definition) is 1. The van der Waals surface area contributed by atoms with Crippen LogP contribution in [0.15, 0.2) is 66.7 Å². The van der Waals surface area contributed by atoms with E-state index < -0.39 is 0 Å². The lowest BCUT2D eigenvalue weighted by atomic mass is 10.2. The number of benzene rings is 3. The van der Waals surface area contributed by atoms with Gasteiger partial charge in [-0.05, 0) is 48.0 Å². The summed E-state index contributed by atoms with van der Waals surface area (Å²) in [5, 5.41) is 4.39. The number of amides is 1. The predicted octanol–water partition coefficient (Wildman–Crippen LogP) is 7.31. The Morgan fingerprint density at radius 2 is 1.71 bits per heavy atom. The Hall–Kier alpha value is -1.85. The number of halogens is 3. The third-order valence-electron chi connectivity index (χ3n) is 3.67. The SMILES string of the molecule is O=C(CSCc1ccc(Cl)c(Cl)c1)Nc1cc(Cl)ccc1Oc1ccccc1. The quantitative estimate of drug-likeness (QED) is 0.408. The summed E-state index contributed by atoms with van der Waals surface area (Å²) in [5.74, 6) is 1.98. The maximum Gasteiger partial charge on any atom is 0.234 e. The lowest BCUT2D eigenvalue weighted by Crippen LogP contribution is -2.14. The van der Waals surface area contributed by atoms with E-state index in [0.717, 1.165) is 5.56 Å². The monoisotopic (exact) mass is 451 g/mol. The van der Waals surface area contributed by atoms with Crippen LogP contribution in [0.4, 0.5) is 5.69 Å². The standard InChI is InChI=1S/C21H16Cl3NO2S/c22-15-7-9-20(27-16-4-2-1-3-5-16)19(11-15)25-21(26)13-28-12-14-6-8-17(23)18(24)10-14/h1-11H,12-13H2,(H,25,26). The molecule has 0 saturated carbocycles. The fourth-order valence-corrected chi connectivity index (χ4v) is 3.65. The third kappa shape index (κ3) is 6.08. The lowest BCUT2D eigenvalue weighted by molar-refractivity contribution is -0.113. The van der Waals surface area contributed by atoms with Crippen molar-refractivity contribution in [1.29, 1.82) is 0 Å². The summed E-state index contributed by atoms with van der Waals surface area (Å²) in [6.45, 7) is 0. The maximum absolute atomic E-state index is 12.4. The van der Waals surface area contributed by atoms with Gasteiger partial charge in [0.15, 0.2) is 5.75 Å². The second-order valence-corrected chi connectivity index (χ2v) is 8.08. The molecule has 3 rings (SSSR count). The smallest absolute Gasteiger partial charge is 0.234 e. The average molecular weight is 453 g/mol. The van der Waals surface area contributed by atoms with Crippen LogP contribution in [0.2, 0.25) is 15.1 Å². The number of carbonyl (C=O) groups is 1. The highest BCUT2D eigenvalue weighted by Gasteiger charge is 2.10. The van der Waals surface area contributed by atoms with Crippen molar-refractivity contribution in [3.8, 4) is 11.5 Å². The molecular formula is C21H16Cl3NO2S. The van der Waals surface area contributed by atoms with Crippen molar-refractivity contribution >= 4 is 58.2 Å². The number of nitrogens with one attached hydrogen (secondary N) is 1. The van der Waals surface area contributed by atoms with Crippen molar-refractivity contribution < 1.29 is 9.53 Å². The van der Waals surface area contributed by atoms with Crippen molar-refractivity contribution in [2.45, 2.75) is 5.75 Å². The Morgan fingerprint density at radius 3 is 2.46 bits per heavy atom. The summed E-state index contributed by atoms with van der Waals surface area (Å²) < 4.78 is 5.86. The molecule has 0 spiro atoms. The first-order valence-electron chi connectivity index (χ1n) is 8.35. The van der Waals surface area contributed by atoms with E-state index >= 15 is 0 Å². The van der Waals surface area contributed by atoms with Crippen LogP contribution in [-0.4, -0.2) is 11.7 Å². The van der Waals surface area contributed by atoms with Gasteiger partial charge in [-0.25, -0.2) is 0 Å². The molecule has 0 atom stereocenters. The van der Waals surface area contributed by atoms with E-state index in [1.54, 1.807) is 30.3 Å². The van der Waals surface area contributed by atoms with Crippen LogP contribution in [0.25, 0.3) is 0 Å². The van der Waals surface area contributed by atoms with E-state index in [0.29, 0.717) is 38.0 Å². The predicted molar refractivity (Wildman–Crippen MR) is 119 cm³/mol. The highest BCUT2D eigenvalue weighted by molar-refractivity contribution is 7.99. The lowest BCUT2D eigenvalue weighted by Gasteiger charge is -2.13. The normalized spacial score (nSPS) is 10.5. The van der Waals surface area contributed by atoms with Crippen LogP contribution in [0.5, 0.6) is 11.5 Å². The second kappa shape index (κ2) is 10.1. The van der Waals surface area contributed by atoms with Gasteiger partial charge in [0.1, 0.15) is 5.75 Å². The molecule has 0 fully saturated rings. The van der Waals surface area contributed by atoms with Gasteiger partial charge in [-0.1, -0.05) is 59.1 Å². The van der Waals surface area contributed by atoms with Crippen molar-refractivity contribution in [1.82, 2.24) is 0 Å². The Morgan fingerprint density at radius 1 is 0.929 bits per heavy atom. The molecule has 0 radical (unpaired) electrons. The van der Waals surface area contributed by atoms with Crippen molar-refractivity contribution in [2.75, 3.05) is 11.1 Å². The second-order valence-electron chi connectivity index (χ2n) is 5.85. The van der Waals surface area contributed by atoms with E-state index in [2.05, 4.69) is 5.32 Å². The maximum atomic E-state index is 12.4. The Kier molecular flexibility index (Phi) is 7.51. The van der Waals surface area contributed by atoms with Gasteiger partial charge in [0.2, 0.25) is 5.91 Å². The van der Waals surface area contributed by atoms with Gasteiger partial charge in [0.05, 0.1) is 21.5 Å². The fourth-order valence-electron chi connectivity index (χ4n) is 2.38. The summed E-state index contributed by atoms with van der Waals surface area (Å²) in [6.07, 6.45) is 0. The molecule has 1 N–H and O–H groups in total. The molecule has 0 aliphatic heterocycles. The molecule has 144 valence electrons. The molecule has 3 aromatic carbocycles. The Bertz CT molecular complexity index is 967. The first-order chi connectivity index (χ1) is 13.5. The van der Waals surface area contributed by atoms with Gasteiger partial charge in [-0.15, -0.1) is 11.8 Å². The third-order valence-corrected chi connectivity index (χ3v) is 5.65. The molecule has 0 aliphatic rings. The molecule has 0 unspecified atom stereocenters. The minimum atomic E-state index is -0.148. The molecule has 0 aliphatic carbocycles. The topological polar surface area (TPSA) is 38.3 Å². The molecule has 0 aromatic heterocycles. The first-order valence-corrected chi connectivity index (χ1v) is 10.6. The zero-order chi connectivity index (χ0) is 19.9. The van der Waals surface area contributed by atoms with Crippen molar-refractivity contribution in [3.63, 3.8) is 0 Å². The minimum Gasteiger partial charge on any atom is -0.455 e. The summed E-state index contributed by atoms with van der Waals surface area (Å²) >= 11 is 19.5. The summed E-state index contributed by atoms with van der Waals surface area (Å²) in [5.41, 5.74) is 1.53. The molecule has 3 nitrogen and oxygen atoms in total. The van der Waals surface area contributed by atoms with Crippen molar-refractivity contribution in [2.24, 2.45) is 0 Å². The molecule has 3 aromatic rings. The van der Waals surface area contributed by atoms with E-state index in [-0.39, 0.29) is 11.7 Å². The summed E-state index contributed by atoms with van der Waals surface area (Å²) in [7, 11) is 0. The Balaban J connectivity index is 1.60. The zero-order valence-electron chi connectivity index (χ0n) is 14.6. The highest BCUT2D eigenvalue weighted by atomic mass is 35.5. The van der Waals surface area contributed by atoms with Crippen LogP contribution >= 0.6 is 46.6 Å². The van der Waals surface area contributed by atoms with E-state index in [9.17, 15) is 4.79 Å². The van der Waals surface area contributed by atoms with E-state index in [4.69, 9.17) is 39.5 Å². The van der Waals surface area contributed by atoms with Crippen LogP contribution in [0.1, 0.15) is 5.56 Å². The molecule has 0 heterocycles. The summed E-state index contributed by atoms with van der Waals surface area (Å²) in [6, 6.07) is 19.9. The number of carbonyl (C=O) groups excluding carboxylic acids is 1. The van der Waals surface area contributed by atoms with Crippen LogP contribution < -0.4 is 10.1 Å². The first kappa shape index (κ1) is 20.9. The van der Waals surface area contributed by atoms with Gasteiger partial charge in [-0.2, -0.15) is 0 Å². The number of anilines is 1. The van der Waals surface area contributed by atoms with Crippen LogP contribution in [0.3, 0.4) is 0 Å². The zero-order valence-corrected chi connectivity index (χ0v) is 17.7. The number of thioether (sulfide) groups is 1. The van der Waals surface area contributed by atoms with Gasteiger partial charge in [-0.3, -0.25) is 4.79 Å². The number of para-hydroxylation sites is 1. The molecule has 0 bridgehead atoms. The highest BCUT2D eigenvalue weighted by Crippen LogP contribution is 2.32. The van der Waals surface area contributed by atoms with Crippen LogP contribution in [-0.2, 0) is 10.5 Å². The van der Waals surface area contributed by atoms with Crippen LogP contribution in [0, 0.1) is 0 Å². The fraction of sp³-hybridized carbons (Fsp3) is 0.0952.